The van der Waals surface area contributed by atoms with Gasteiger partial charge in [0.25, 0.3) is 23.6 Å². The van der Waals surface area contributed by atoms with Crippen molar-refractivity contribution in [3.8, 4) is 23.0 Å². The van der Waals surface area contributed by atoms with Crippen LogP contribution in [-0.4, -0.2) is 106 Å². The maximum atomic E-state index is 14.6. The largest absolute Gasteiger partial charge is 0.497 e. The van der Waals surface area contributed by atoms with Gasteiger partial charge in [-0.05, 0) is 48.5 Å². The zero-order valence-corrected chi connectivity index (χ0v) is 50.1. The predicted octanol–water partition coefficient (Wildman–Crippen LogP) is 12.5. The molecule has 0 unspecified atom stereocenters. The minimum Gasteiger partial charge on any atom is -0.497 e. The van der Waals surface area contributed by atoms with Crippen molar-refractivity contribution in [1.82, 2.24) is 28.1 Å². The first-order chi connectivity index (χ1) is 43.8. The normalized spacial score (nSPS) is 14.2. The Morgan fingerprint density at radius 3 is 1.34 bits per heavy atom. The number of aromatic nitrogens is 4. The van der Waals surface area contributed by atoms with E-state index in [0.29, 0.717) is 91.2 Å². The molecule has 18 heteroatoms. The van der Waals surface area contributed by atoms with Crippen molar-refractivity contribution >= 4 is 123 Å². The molecule has 3 aliphatic rings. The molecule has 0 fully saturated rings. The van der Waals surface area contributed by atoms with Gasteiger partial charge in [0.15, 0.2) is 0 Å². The second-order valence-corrected chi connectivity index (χ2v) is 22.2. The van der Waals surface area contributed by atoms with Crippen LogP contribution in [0.4, 0.5) is 0 Å². The Hall–Kier alpha value is -11.4. The van der Waals surface area contributed by atoms with Crippen molar-refractivity contribution in [1.29, 1.82) is 0 Å². The summed E-state index contributed by atoms with van der Waals surface area (Å²) in [6, 6.07) is 41.9. The van der Waals surface area contributed by atoms with E-state index >= 15 is 0 Å². The molecule has 0 N–H and O–H groups in total. The van der Waals surface area contributed by atoms with E-state index in [9.17, 15) is 28.8 Å². The summed E-state index contributed by atoms with van der Waals surface area (Å²) >= 11 is 0. The fourth-order valence-corrected chi connectivity index (χ4v) is 13.8. The van der Waals surface area contributed by atoms with Gasteiger partial charge in [-0.25, -0.2) is 9.59 Å². The third-order valence-corrected chi connectivity index (χ3v) is 17.7. The molecule has 0 atom stereocenters. The number of benzene rings is 8. The number of allylic oxidation sites excluding steroid dienone is 2. The topological polar surface area (TPSA) is 184 Å². The second-order valence-electron chi connectivity index (χ2n) is 22.2. The van der Waals surface area contributed by atoms with E-state index in [1.54, 1.807) is 64.8 Å². The quantitative estimate of drug-likeness (QED) is 0.0435. The minimum atomic E-state index is -0.527. The van der Waals surface area contributed by atoms with Crippen LogP contribution in [0.25, 0.3) is 87.2 Å². The highest BCUT2D eigenvalue weighted by atomic mass is 16.5. The van der Waals surface area contributed by atoms with Crippen LogP contribution in [0.3, 0.4) is 0 Å². The summed E-state index contributed by atoms with van der Waals surface area (Å²) in [5, 5.41) is 6.11. The summed E-state index contributed by atoms with van der Waals surface area (Å²) in [4.78, 5) is 86.3. The van der Waals surface area contributed by atoms with Gasteiger partial charge in [-0.15, -0.1) is 6.58 Å². The summed E-state index contributed by atoms with van der Waals surface area (Å²) in [6.45, 7) is 9.30. The zero-order valence-electron chi connectivity index (χ0n) is 50.1. The molecule has 15 rings (SSSR count). The number of esters is 2. The fraction of sp³-hybridized carbons (Fsp3) is 0.167. The molecule has 12 aromatic rings. The average molecular weight is 1200 g/mol. The lowest BCUT2D eigenvalue weighted by Gasteiger charge is -2.17. The Kier molecular flexibility index (Phi) is 13.6. The van der Waals surface area contributed by atoms with Crippen LogP contribution in [-0.2, 0) is 58.3 Å². The molecule has 8 aromatic carbocycles. The van der Waals surface area contributed by atoms with Crippen molar-refractivity contribution < 1.29 is 57.2 Å². The molecule has 4 aromatic heterocycles. The van der Waals surface area contributed by atoms with E-state index in [-0.39, 0.29) is 49.5 Å². The van der Waals surface area contributed by atoms with Gasteiger partial charge in [-0.1, -0.05) is 91.5 Å². The first kappa shape index (κ1) is 56.4. The lowest BCUT2D eigenvalue weighted by molar-refractivity contribution is -0.137. The smallest absolute Gasteiger partial charge is 0.335 e. The van der Waals surface area contributed by atoms with Gasteiger partial charge in [0.1, 0.15) is 23.0 Å². The molecule has 0 bridgehead atoms. The molecule has 4 amide bonds. The first-order valence-electron chi connectivity index (χ1n) is 29.0. The predicted molar refractivity (Wildman–Crippen MR) is 344 cm³/mol. The van der Waals surface area contributed by atoms with E-state index in [1.165, 1.54) is 24.0 Å². The Labute approximate surface area is 514 Å². The van der Waals surface area contributed by atoms with E-state index in [1.807, 2.05) is 114 Å². The lowest BCUT2D eigenvalue weighted by Crippen LogP contribution is -2.29. The van der Waals surface area contributed by atoms with Crippen LogP contribution in [0.2, 0.25) is 0 Å². The number of methoxy groups -OCH3 is 6. The number of carbonyl (C=O) groups is 6. The third-order valence-electron chi connectivity index (χ3n) is 17.7. The number of nitrogens with zero attached hydrogens (tertiary/aromatic N) is 6. The lowest BCUT2D eigenvalue weighted by atomic mass is 9.96. The monoisotopic (exact) mass is 1200 g/mol. The maximum absolute atomic E-state index is 14.6. The Balaban J connectivity index is 0.000000157. The standard InChI is InChI=1S/C37H31N3O6.C35H27N3O6/c1-6-17-38-26-13-9-7-11-24(26)29-31-32(36(42)40(35(31)41)20-22-15-16-23(44-3)18-28(22)45-4)30-25-12-8-10-14-27(25)39(34(30)33(29)38)19-21(2)37(43)46-5;1-42-21-13-12-19(26(16-21)43-2)17-38-33(39)29-27-22-8-4-6-10-24(22)36-15-14-20(35(41)44-3)18-37-25-11-7-5-9-23(25)28(30(29)34(38)40)32(37)31(27)36/h6-16,18H,1-2,17,19-20H2,3-5H3;4-14,16H,15,17-18H2,1-3H3/b;20-14+. The number of para-hydroxylation sites is 4. The summed E-state index contributed by atoms with van der Waals surface area (Å²) in [6.07, 6.45) is 3.70. The highest BCUT2D eigenvalue weighted by Crippen LogP contribution is 2.50. The van der Waals surface area contributed by atoms with Crippen LogP contribution in [0, 0.1) is 0 Å². The molecule has 18 nitrogen and oxygen atoms in total. The van der Waals surface area contributed by atoms with Crippen LogP contribution in [0.15, 0.2) is 170 Å². The van der Waals surface area contributed by atoms with Crippen molar-refractivity contribution in [2.24, 2.45) is 0 Å². The molecule has 7 heterocycles. The Bertz CT molecular complexity index is 5250. The van der Waals surface area contributed by atoms with E-state index in [0.717, 1.165) is 71.1 Å². The van der Waals surface area contributed by atoms with Gasteiger partial charge in [0.2, 0.25) is 0 Å². The van der Waals surface area contributed by atoms with Crippen molar-refractivity contribution in [3.63, 3.8) is 0 Å². The van der Waals surface area contributed by atoms with Gasteiger partial charge >= 0.3 is 11.9 Å². The summed E-state index contributed by atoms with van der Waals surface area (Å²) in [5.41, 5.74) is 10.2. The first-order valence-corrected chi connectivity index (χ1v) is 29.0. The molecule has 0 aliphatic carbocycles. The highest BCUT2D eigenvalue weighted by molar-refractivity contribution is 6.41. The number of fused-ring (bicyclic) bond motifs is 19. The Morgan fingerprint density at radius 1 is 0.489 bits per heavy atom. The number of ether oxygens (including phenoxy) is 6. The molecule has 0 saturated carbocycles. The maximum Gasteiger partial charge on any atom is 0.335 e. The van der Waals surface area contributed by atoms with Crippen molar-refractivity contribution in [2.75, 3.05) is 42.7 Å². The summed E-state index contributed by atoms with van der Waals surface area (Å²) in [5.74, 6) is -0.191. The van der Waals surface area contributed by atoms with E-state index in [4.69, 9.17) is 28.4 Å². The average Bonchev–Trinajstić information content (AvgIpc) is 1.53. The van der Waals surface area contributed by atoms with Gasteiger partial charge in [0, 0.05) is 107 Å². The van der Waals surface area contributed by atoms with Gasteiger partial charge in [-0.2, -0.15) is 0 Å². The zero-order chi connectivity index (χ0) is 62.5. The highest BCUT2D eigenvalue weighted by Gasteiger charge is 2.45. The third kappa shape index (κ3) is 8.23. The van der Waals surface area contributed by atoms with Crippen LogP contribution in [0.1, 0.15) is 52.6 Å². The summed E-state index contributed by atoms with van der Waals surface area (Å²) in [7, 11) is 8.93. The number of amides is 4. The van der Waals surface area contributed by atoms with Crippen molar-refractivity contribution in [3.05, 3.63) is 203 Å². The molecule has 3 aliphatic heterocycles. The molecule has 90 heavy (non-hydrogen) atoms. The molecule has 448 valence electrons. The van der Waals surface area contributed by atoms with Gasteiger partial charge < -0.3 is 46.7 Å². The van der Waals surface area contributed by atoms with Crippen LogP contribution < -0.4 is 18.9 Å². The van der Waals surface area contributed by atoms with Crippen molar-refractivity contribution in [2.45, 2.75) is 39.3 Å². The molecular weight excluding hydrogens is 1140 g/mol. The number of carbonyl (C=O) groups excluding carboxylic acids is 6. The van der Waals surface area contributed by atoms with Crippen LogP contribution >= 0.6 is 0 Å². The molecule has 0 saturated heterocycles. The minimum absolute atomic E-state index is 0.00554. The number of imide groups is 2. The molecule has 0 radical (unpaired) electrons. The van der Waals surface area contributed by atoms with Crippen LogP contribution in [0.5, 0.6) is 23.0 Å². The summed E-state index contributed by atoms with van der Waals surface area (Å²) < 4.78 is 40.4. The fourth-order valence-electron chi connectivity index (χ4n) is 13.8. The SMILES string of the molecule is C=CCn1c2ccccc2c2c3c(c4c5ccccc5n(CC(=C)C(=O)OC)c4c21)C(=O)N(Cc1ccc(OC)cc1OC)C3=O.COC(=O)/C1=C/Cn2c3ccccc3c3c4c(c5c6ccccc6n(c5c32)C1)C(=O)N(Cc1ccc(OC)cc1OC)C4=O. The van der Waals surface area contributed by atoms with E-state index < -0.39 is 17.8 Å². The van der Waals surface area contributed by atoms with Gasteiger partial charge in [-0.3, -0.25) is 29.0 Å². The second kappa shape index (κ2) is 21.8. The number of rotatable bonds is 14. The number of hydrogen-bond acceptors (Lipinski definition) is 12. The Morgan fingerprint density at radius 2 is 0.900 bits per heavy atom. The number of hydrogen-bond donors (Lipinski definition) is 0. The molecule has 0 spiro atoms. The van der Waals surface area contributed by atoms with E-state index in [2.05, 4.69) is 26.9 Å². The molecular formula is C72H58N6O12. The van der Waals surface area contributed by atoms with Gasteiger partial charge in [0.05, 0.1) is 119 Å².